The van der Waals surface area contributed by atoms with Crippen molar-refractivity contribution in [1.82, 2.24) is 0 Å². The minimum absolute atomic E-state index is 0.454. The maximum atomic E-state index is 8.58. The highest BCUT2D eigenvalue weighted by Crippen LogP contribution is 2.11. The number of nitriles is 2. The summed E-state index contributed by atoms with van der Waals surface area (Å²) in [4.78, 5) is 0. The van der Waals surface area contributed by atoms with Crippen molar-refractivity contribution in [2.24, 2.45) is 5.92 Å². The van der Waals surface area contributed by atoms with Crippen molar-refractivity contribution in [1.29, 1.82) is 10.5 Å². The lowest BCUT2D eigenvalue weighted by molar-refractivity contribution is 0.304. The van der Waals surface area contributed by atoms with Gasteiger partial charge in [-0.25, -0.2) is 0 Å². The van der Waals surface area contributed by atoms with Crippen LogP contribution in [-0.2, 0) is 0 Å². The predicted molar refractivity (Wildman–Crippen MR) is 65.1 cm³/mol. The number of hydrogen-bond donors (Lipinski definition) is 0. The van der Waals surface area contributed by atoms with Gasteiger partial charge in [0, 0.05) is 0 Å². The van der Waals surface area contributed by atoms with Crippen molar-refractivity contribution >= 4 is 0 Å². The fourth-order valence-corrected chi connectivity index (χ4v) is 1.49. The number of ether oxygens (including phenoxy) is 1. The van der Waals surface area contributed by atoms with Crippen LogP contribution < -0.4 is 4.74 Å². The van der Waals surface area contributed by atoms with E-state index in [2.05, 4.69) is 0 Å². The van der Waals surface area contributed by atoms with Crippen molar-refractivity contribution in [3.8, 4) is 17.9 Å². The molecular formula is C14H16N2O. The number of nitrogens with zero attached hydrogens (tertiary/aromatic N) is 2. The third-order valence-electron chi connectivity index (χ3n) is 2.46. The summed E-state index contributed by atoms with van der Waals surface area (Å²) in [5.74, 6) is 0.435. The van der Waals surface area contributed by atoms with Gasteiger partial charge in [0.25, 0.3) is 0 Å². The average molecular weight is 228 g/mol. The molecule has 0 amide bonds. The summed E-state index contributed by atoms with van der Waals surface area (Å²) in [5, 5.41) is 17.2. The van der Waals surface area contributed by atoms with Gasteiger partial charge in [0.15, 0.2) is 0 Å². The Hall–Kier alpha value is -2.00. The molecule has 0 spiro atoms. The summed E-state index contributed by atoms with van der Waals surface area (Å²) in [6.07, 6.45) is 3.52. The third-order valence-corrected chi connectivity index (χ3v) is 2.46. The van der Waals surface area contributed by atoms with Crippen LogP contribution in [0.2, 0.25) is 0 Å². The van der Waals surface area contributed by atoms with Gasteiger partial charge < -0.3 is 4.74 Å². The molecule has 0 N–H and O–H groups in total. The van der Waals surface area contributed by atoms with Crippen LogP contribution in [0.25, 0.3) is 0 Å². The van der Waals surface area contributed by atoms with E-state index in [1.807, 2.05) is 42.5 Å². The smallest absolute Gasteiger partial charge is 0.133 e. The Bertz CT molecular complexity index is 375. The van der Waals surface area contributed by atoms with Crippen LogP contribution in [0, 0.1) is 28.6 Å². The molecule has 0 saturated heterocycles. The van der Waals surface area contributed by atoms with Gasteiger partial charge in [-0.1, -0.05) is 24.6 Å². The molecular weight excluding hydrogens is 212 g/mol. The van der Waals surface area contributed by atoms with Gasteiger partial charge in [-0.2, -0.15) is 10.5 Å². The molecule has 0 unspecified atom stereocenters. The quantitative estimate of drug-likeness (QED) is 0.673. The van der Waals surface area contributed by atoms with Gasteiger partial charge in [-0.15, -0.1) is 0 Å². The SMILES string of the molecule is N#CC(C#N)CCCCCOc1ccccc1. The van der Waals surface area contributed by atoms with E-state index in [0.29, 0.717) is 13.0 Å². The Labute approximate surface area is 102 Å². The molecule has 17 heavy (non-hydrogen) atoms. The van der Waals surface area contributed by atoms with Crippen LogP contribution in [0.1, 0.15) is 25.7 Å². The van der Waals surface area contributed by atoms with Crippen LogP contribution in [0.4, 0.5) is 0 Å². The van der Waals surface area contributed by atoms with Gasteiger partial charge in [0.2, 0.25) is 0 Å². The minimum atomic E-state index is -0.454. The van der Waals surface area contributed by atoms with E-state index in [4.69, 9.17) is 15.3 Å². The molecule has 1 aromatic carbocycles. The monoisotopic (exact) mass is 228 g/mol. The lowest BCUT2D eigenvalue weighted by atomic mass is 10.0. The summed E-state index contributed by atoms with van der Waals surface area (Å²) in [5.41, 5.74) is 0. The number of para-hydroxylation sites is 1. The Morgan fingerprint density at radius 1 is 1.00 bits per heavy atom. The zero-order valence-corrected chi connectivity index (χ0v) is 9.80. The highest BCUT2D eigenvalue weighted by Gasteiger charge is 2.03. The number of benzene rings is 1. The summed E-state index contributed by atoms with van der Waals surface area (Å²) < 4.78 is 5.54. The fraction of sp³-hybridized carbons (Fsp3) is 0.429. The Morgan fingerprint density at radius 3 is 2.35 bits per heavy atom. The highest BCUT2D eigenvalue weighted by molar-refractivity contribution is 5.20. The van der Waals surface area contributed by atoms with E-state index in [9.17, 15) is 0 Å². The van der Waals surface area contributed by atoms with Crippen LogP contribution in [-0.4, -0.2) is 6.61 Å². The van der Waals surface area contributed by atoms with E-state index in [1.54, 1.807) is 0 Å². The molecule has 88 valence electrons. The first-order chi connectivity index (χ1) is 8.36. The van der Waals surface area contributed by atoms with E-state index in [1.165, 1.54) is 0 Å². The summed E-state index contributed by atoms with van der Waals surface area (Å²) in [6, 6.07) is 13.7. The van der Waals surface area contributed by atoms with Gasteiger partial charge in [-0.3, -0.25) is 0 Å². The maximum absolute atomic E-state index is 8.58. The van der Waals surface area contributed by atoms with E-state index in [0.717, 1.165) is 25.0 Å². The molecule has 0 bridgehead atoms. The molecule has 0 saturated carbocycles. The van der Waals surface area contributed by atoms with Crippen LogP contribution in [0.5, 0.6) is 5.75 Å². The number of hydrogen-bond acceptors (Lipinski definition) is 3. The zero-order valence-electron chi connectivity index (χ0n) is 9.80. The summed E-state index contributed by atoms with van der Waals surface area (Å²) in [6.45, 7) is 0.688. The van der Waals surface area contributed by atoms with Crippen LogP contribution in [0.3, 0.4) is 0 Å². The van der Waals surface area contributed by atoms with Crippen molar-refractivity contribution in [2.45, 2.75) is 25.7 Å². The summed E-state index contributed by atoms with van der Waals surface area (Å²) >= 11 is 0. The van der Waals surface area contributed by atoms with Crippen molar-refractivity contribution in [3.05, 3.63) is 30.3 Å². The second-order valence-corrected chi connectivity index (χ2v) is 3.82. The molecule has 1 aromatic rings. The molecule has 3 heteroatoms. The molecule has 0 aliphatic heterocycles. The largest absolute Gasteiger partial charge is 0.494 e. The van der Waals surface area contributed by atoms with Gasteiger partial charge in [0.1, 0.15) is 11.7 Å². The van der Waals surface area contributed by atoms with Crippen LogP contribution >= 0.6 is 0 Å². The lowest BCUT2D eigenvalue weighted by Crippen LogP contribution is -1.98. The van der Waals surface area contributed by atoms with E-state index >= 15 is 0 Å². The van der Waals surface area contributed by atoms with Crippen LogP contribution in [0.15, 0.2) is 30.3 Å². The molecule has 0 aliphatic carbocycles. The fourth-order valence-electron chi connectivity index (χ4n) is 1.49. The second kappa shape index (κ2) is 8.19. The second-order valence-electron chi connectivity index (χ2n) is 3.82. The number of rotatable bonds is 7. The zero-order chi connectivity index (χ0) is 12.3. The normalized spacial score (nSPS) is 9.59. The van der Waals surface area contributed by atoms with E-state index in [-0.39, 0.29) is 0 Å². The lowest BCUT2D eigenvalue weighted by Gasteiger charge is -2.05. The van der Waals surface area contributed by atoms with Gasteiger partial charge in [-0.05, 0) is 31.4 Å². The molecule has 3 nitrogen and oxygen atoms in total. The Morgan fingerprint density at radius 2 is 1.71 bits per heavy atom. The first-order valence-electron chi connectivity index (χ1n) is 5.84. The molecule has 0 aliphatic rings. The molecule has 0 radical (unpaired) electrons. The molecule has 1 rings (SSSR count). The molecule has 0 heterocycles. The van der Waals surface area contributed by atoms with Gasteiger partial charge in [0.05, 0.1) is 18.7 Å². The molecule has 0 aromatic heterocycles. The summed E-state index contributed by atoms with van der Waals surface area (Å²) in [7, 11) is 0. The Balaban J connectivity index is 2.03. The minimum Gasteiger partial charge on any atom is -0.494 e. The predicted octanol–water partition coefficient (Wildman–Crippen LogP) is 3.29. The van der Waals surface area contributed by atoms with Crippen molar-refractivity contribution < 1.29 is 4.74 Å². The van der Waals surface area contributed by atoms with E-state index < -0.39 is 5.92 Å². The van der Waals surface area contributed by atoms with Crippen molar-refractivity contribution in [2.75, 3.05) is 6.61 Å². The van der Waals surface area contributed by atoms with Crippen molar-refractivity contribution in [3.63, 3.8) is 0 Å². The average Bonchev–Trinajstić information content (AvgIpc) is 2.39. The van der Waals surface area contributed by atoms with Gasteiger partial charge >= 0.3 is 0 Å². The molecule has 0 atom stereocenters. The Kier molecular flexibility index (Phi) is 6.29. The first-order valence-corrected chi connectivity index (χ1v) is 5.84. The highest BCUT2D eigenvalue weighted by atomic mass is 16.5. The standard InChI is InChI=1S/C14H16N2O/c15-11-13(12-16)7-3-2-6-10-17-14-8-4-1-5-9-14/h1,4-5,8-9,13H,2-3,6-7,10H2. The maximum Gasteiger partial charge on any atom is 0.133 e. The topological polar surface area (TPSA) is 56.8 Å². The first kappa shape index (κ1) is 13.1. The molecule has 0 fully saturated rings. The number of unbranched alkanes of at least 4 members (excludes halogenated alkanes) is 2. The third kappa shape index (κ3) is 5.58.